The number of hydrogen-bond acceptors (Lipinski definition) is 6. The van der Waals surface area contributed by atoms with Crippen molar-refractivity contribution in [2.75, 3.05) is 19.8 Å². The van der Waals surface area contributed by atoms with E-state index in [2.05, 4.69) is 10.4 Å². The third kappa shape index (κ3) is 5.68. The first-order valence-electron chi connectivity index (χ1n) is 10.1. The van der Waals surface area contributed by atoms with E-state index in [-0.39, 0.29) is 18.6 Å². The zero-order chi connectivity index (χ0) is 21.5. The van der Waals surface area contributed by atoms with Crippen molar-refractivity contribution in [2.45, 2.75) is 18.9 Å². The molecule has 1 unspecified atom stereocenters. The monoisotopic (exact) mass is 437 g/mol. The van der Waals surface area contributed by atoms with E-state index < -0.39 is 5.97 Å². The number of esters is 1. The Morgan fingerprint density at radius 1 is 1.26 bits per heavy atom. The number of rotatable bonds is 8. The van der Waals surface area contributed by atoms with E-state index in [0.717, 1.165) is 41.3 Å². The normalized spacial score (nSPS) is 15.9. The minimum atomic E-state index is -0.586. The summed E-state index contributed by atoms with van der Waals surface area (Å²) in [5, 5.41) is 9.39. The van der Waals surface area contributed by atoms with Crippen LogP contribution < -0.4 is 5.32 Å². The largest absolute Gasteiger partial charge is 0.452 e. The summed E-state index contributed by atoms with van der Waals surface area (Å²) in [6, 6.07) is 13.7. The van der Waals surface area contributed by atoms with Crippen molar-refractivity contribution in [1.82, 2.24) is 15.1 Å². The maximum Gasteiger partial charge on any atom is 0.331 e. The Bertz CT molecular complexity index is 1040. The van der Waals surface area contributed by atoms with E-state index in [1.807, 2.05) is 54.0 Å². The van der Waals surface area contributed by atoms with Gasteiger partial charge >= 0.3 is 5.97 Å². The molecule has 1 aromatic carbocycles. The summed E-state index contributed by atoms with van der Waals surface area (Å²) in [5.74, 6) is -0.926. The van der Waals surface area contributed by atoms with Gasteiger partial charge in [-0.2, -0.15) is 5.10 Å². The van der Waals surface area contributed by atoms with Crippen LogP contribution in [0.3, 0.4) is 0 Å². The fourth-order valence-electron chi connectivity index (χ4n) is 3.25. The quantitative estimate of drug-likeness (QED) is 0.431. The first-order valence-corrected chi connectivity index (χ1v) is 11.0. The molecule has 8 heteroatoms. The summed E-state index contributed by atoms with van der Waals surface area (Å²) in [6.45, 7) is 0.848. The summed E-state index contributed by atoms with van der Waals surface area (Å²) in [6.07, 6.45) is 6.84. The van der Waals surface area contributed by atoms with Crippen molar-refractivity contribution >= 4 is 29.3 Å². The first kappa shape index (κ1) is 21.0. The Morgan fingerprint density at radius 3 is 2.87 bits per heavy atom. The molecule has 1 N–H and O–H groups in total. The molecule has 3 heterocycles. The van der Waals surface area contributed by atoms with Gasteiger partial charge in [-0.3, -0.25) is 4.79 Å². The molecule has 1 fully saturated rings. The molecule has 160 valence electrons. The van der Waals surface area contributed by atoms with Crippen LogP contribution in [0.25, 0.3) is 22.3 Å². The average molecular weight is 438 g/mol. The Balaban J connectivity index is 1.38. The molecule has 2 aromatic heterocycles. The summed E-state index contributed by atoms with van der Waals surface area (Å²) >= 11 is 1.57. The molecule has 1 amide bonds. The van der Waals surface area contributed by atoms with Crippen molar-refractivity contribution in [1.29, 1.82) is 0 Å². The fourth-order valence-corrected chi connectivity index (χ4v) is 3.98. The van der Waals surface area contributed by atoms with E-state index >= 15 is 0 Å². The number of hydrogen-bond donors (Lipinski definition) is 1. The van der Waals surface area contributed by atoms with E-state index in [0.29, 0.717) is 6.54 Å². The molecule has 3 aromatic rings. The van der Waals surface area contributed by atoms with Gasteiger partial charge in [0.2, 0.25) is 0 Å². The molecule has 1 aliphatic rings. The van der Waals surface area contributed by atoms with E-state index in [9.17, 15) is 9.59 Å². The van der Waals surface area contributed by atoms with Crippen LogP contribution >= 0.6 is 11.3 Å². The Hall–Kier alpha value is -3.23. The Morgan fingerprint density at radius 2 is 2.13 bits per heavy atom. The topological polar surface area (TPSA) is 82.5 Å². The van der Waals surface area contributed by atoms with E-state index in [4.69, 9.17) is 9.47 Å². The van der Waals surface area contributed by atoms with Crippen molar-refractivity contribution in [3.63, 3.8) is 0 Å². The lowest BCUT2D eigenvalue weighted by Gasteiger charge is -2.10. The summed E-state index contributed by atoms with van der Waals surface area (Å²) in [7, 11) is 0. The standard InChI is InChI=1S/C23H23N3O4S/c27-21(24-14-19-8-4-12-29-19)16-30-22(28)11-10-17-15-26(18-6-2-1-3-7-18)25-23(17)20-9-5-13-31-20/h1-3,5-7,9-11,13,15,19H,4,8,12,14,16H2,(H,24,27)/b11-10+. The van der Waals surface area contributed by atoms with Gasteiger partial charge in [0.15, 0.2) is 6.61 Å². The summed E-state index contributed by atoms with van der Waals surface area (Å²) in [4.78, 5) is 25.0. The minimum absolute atomic E-state index is 0.0522. The third-order valence-corrected chi connectivity index (χ3v) is 5.69. The van der Waals surface area contributed by atoms with Crippen LogP contribution in [-0.2, 0) is 19.1 Å². The molecule has 31 heavy (non-hydrogen) atoms. The van der Waals surface area contributed by atoms with Crippen molar-refractivity contribution < 1.29 is 19.1 Å². The highest BCUT2D eigenvalue weighted by Gasteiger charge is 2.16. The van der Waals surface area contributed by atoms with Gasteiger partial charge in [-0.25, -0.2) is 9.48 Å². The molecule has 0 spiro atoms. The van der Waals surface area contributed by atoms with Crippen LogP contribution in [0.4, 0.5) is 0 Å². The number of nitrogens with zero attached hydrogens (tertiary/aromatic N) is 2. The molecular weight excluding hydrogens is 414 g/mol. The lowest BCUT2D eigenvalue weighted by atomic mass is 10.2. The summed E-state index contributed by atoms with van der Waals surface area (Å²) in [5.41, 5.74) is 2.48. The lowest BCUT2D eigenvalue weighted by Crippen LogP contribution is -2.34. The molecule has 4 rings (SSSR count). The molecule has 1 aliphatic heterocycles. The fraction of sp³-hybridized carbons (Fsp3) is 0.261. The van der Waals surface area contributed by atoms with Crippen LogP contribution in [0.2, 0.25) is 0 Å². The molecule has 7 nitrogen and oxygen atoms in total. The Labute approximate surface area is 184 Å². The van der Waals surface area contributed by atoms with Gasteiger partial charge in [0.05, 0.1) is 16.7 Å². The predicted octanol–water partition coefficient (Wildman–Crippen LogP) is 3.45. The predicted molar refractivity (Wildman–Crippen MR) is 119 cm³/mol. The van der Waals surface area contributed by atoms with Gasteiger partial charge < -0.3 is 14.8 Å². The second kappa shape index (κ2) is 10.2. The maximum absolute atomic E-state index is 12.1. The second-order valence-electron chi connectivity index (χ2n) is 7.07. The highest BCUT2D eigenvalue weighted by Crippen LogP contribution is 2.28. The van der Waals surface area contributed by atoms with Gasteiger partial charge in [0.25, 0.3) is 5.91 Å². The van der Waals surface area contributed by atoms with E-state index in [1.54, 1.807) is 22.1 Å². The van der Waals surface area contributed by atoms with Gasteiger partial charge in [0.1, 0.15) is 5.69 Å². The van der Waals surface area contributed by atoms with Crippen LogP contribution in [0.5, 0.6) is 0 Å². The number of aromatic nitrogens is 2. The minimum Gasteiger partial charge on any atom is -0.452 e. The number of para-hydroxylation sites is 1. The highest BCUT2D eigenvalue weighted by atomic mass is 32.1. The Kier molecular flexibility index (Phi) is 6.91. The van der Waals surface area contributed by atoms with Crippen LogP contribution in [-0.4, -0.2) is 47.5 Å². The zero-order valence-electron chi connectivity index (χ0n) is 16.9. The van der Waals surface area contributed by atoms with Crippen LogP contribution in [0, 0.1) is 0 Å². The van der Waals surface area contributed by atoms with Gasteiger partial charge in [-0.15, -0.1) is 11.3 Å². The number of carbonyl (C=O) groups excluding carboxylic acids is 2. The van der Waals surface area contributed by atoms with Gasteiger partial charge in [0, 0.05) is 31.0 Å². The average Bonchev–Trinajstić information content (AvgIpc) is 3.56. The van der Waals surface area contributed by atoms with Crippen molar-refractivity contribution in [3.05, 3.63) is 65.7 Å². The third-order valence-electron chi connectivity index (χ3n) is 4.81. The zero-order valence-corrected chi connectivity index (χ0v) is 17.7. The number of benzene rings is 1. The van der Waals surface area contributed by atoms with E-state index in [1.165, 1.54) is 6.08 Å². The van der Waals surface area contributed by atoms with Crippen LogP contribution in [0.15, 0.2) is 60.1 Å². The maximum atomic E-state index is 12.1. The smallest absolute Gasteiger partial charge is 0.331 e. The first-order chi connectivity index (χ1) is 15.2. The number of carbonyl (C=O) groups is 2. The van der Waals surface area contributed by atoms with Crippen LogP contribution in [0.1, 0.15) is 18.4 Å². The molecule has 0 aliphatic carbocycles. The SMILES string of the molecule is O=C(COC(=O)/C=C/c1cn(-c2ccccc2)nc1-c1cccs1)NCC1CCCO1. The number of amides is 1. The molecule has 0 bridgehead atoms. The number of thiophene rings is 1. The second-order valence-corrected chi connectivity index (χ2v) is 8.02. The van der Waals surface area contributed by atoms with Gasteiger partial charge in [-0.05, 0) is 42.5 Å². The molecule has 1 saturated heterocycles. The lowest BCUT2D eigenvalue weighted by molar-refractivity contribution is -0.143. The number of nitrogens with one attached hydrogen (secondary N) is 1. The molecule has 1 atom stereocenters. The van der Waals surface area contributed by atoms with Crippen molar-refractivity contribution in [2.24, 2.45) is 0 Å². The van der Waals surface area contributed by atoms with Gasteiger partial charge in [-0.1, -0.05) is 24.3 Å². The number of ether oxygens (including phenoxy) is 2. The summed E-state index contributed by atoms with van der Waals surface area (Å²) < 4.78 is 12.3. The molecule has 0 saturated carbocycles. The highest BCUT2D eigenvalue weighted by molar-refractivity contribution is 7.13. The molecular formula is C23H23N3O4S. The van der Waals surface area contributed by atoms with Crippen molar-refractivity contribution in [3.8, 4) is 16.3 Å². The molecule has 0 radical (unpaired) electrons.